The Morgan fingerprint density at radius 2 is 2.00 bits per heavy atom. The summed E-state index contributed by atoms with van der Waals surface area (Å²) < 4.78 is 26.1. The van der Waals surface area contributed by atoms with Gasteiger partial charge in [0, 0.05) is 11.6 Å². The van der Waals surface area contributed by atoms with Gasteiger partial charge in [0.15, 0.2) is 0 Å². The summed E-state index contributed by atoms with van der Waals surface area (Å²) >= 11 is 1.37. The molecule has 0 fully saturated rings. The average Bonchev–Trinajstić information content (AvgIpc) is 2.90. The van der Waals surface area contributed by atoms with Gasteiger partial charge in [0.2, 0.25) is 16.0 Å². The topological polar surface area (TPSA) is 123 Å². The van der Waals surface area contributed by atoms with Gasteiger partial charge in [-0.15, -0.1) is 11.3 Å². The predicted octanol–water partition coefficient (Wildman–Crippen LogP) is -0.303. The van der Waals surface area contributed by atoms with Crippen molar-refractivity contribution in [3.8, 4) is 0 Å². The molecule has 0 saturated carbocycles. The Labute approximate surface area is 107 Å². The second-order valence-corrected chi connectivity index (χ2v) is 5.88. The Balaban J connectivity index is 2.09. The SMILES string of the molecule is NNc1ncc(S(=O)(=O)NCc2nccs2)cn1. The van der Waals surface area contributed by atoms with Crippen LogP contribution in [0, 0.1) is 0 Å². The van der Waals surface area contributed by atoms with Crippen LogP contribution in [0.3, 0.4) is 0 Å². The van der Waals surface area contributed by atoms with Gasteiger partial charge in [-0.05, 0) is 0 Å². The highest BCUT2D eigenvalue weighted by Crippen LogP contribution is 2.09. The van der Waals surface area contributed by atoms with E-state index < -0.39 is 10.0 Å². The number of thiazole rings is 1. The van der Waals surface area contributed by atoms with Crippen LogP contribution in [0.5, 0.6) is 0 Å². The molecule has 0 spiro atoms. The normalized spacial score (nSPS) is 11.4. The summed E-state index contributed by atoms with van der Waals surface area (Å²) in [7, 11) is -3.64. The molecule has 0 unspecified atom stereocenters. The molecule has 0 bridgehead atoms. The third-order valence-corrected chi connectivity index (χ3v) is 4.10. The van der Waals surface area contributed by atoms with E-state index in [9.17, 15) is 8.42 Å². The zero-order chi connectivity index (χ0) is 13.0. The van der Waals surface area contributed by atoms with Crippen LogP contribution in [-0.2, 0) is 16.6 Å². The molecule has 0 radical (unpaired) electrons. The maximum Gasteiger partial charge on any atom is 0.244 e. The van der Waals surface area contributed by atoms with Crippen molar-refractivity contribution in [2.45, 2.75) is 11.4 Å². The molecule has 2 aromatic heterocycles. The van der Waals surface area contributed by atoms with Crippen molar-refractivity contribution >= 4 is 27.3 Å². The summed E-state index contributed by atoms with van der Waals surface area (Å²) in [6, 6.07) is 0. The quantitative estimate of drug-likeness (QED) is 0.509. The van der Waals surface area contributed by atoms with Gasteiger partial charge in [0.25, 0.3) is 0 Å². The Morgan fingerprint density at radius 1 is 1.28 bits per heavy atom. The first-order chi connectivity index (χ1) is 8.62. The lowest BCUT2D eigenvalue weighted by Gasteiger charge is -2.04. The van der Waals surface area contributed by atoms with Crippen LogP contribution in [0.25, 0.3) is 0 Å². The molecule has 0 amide bonds. The highest BCUT2D eigenvalue weighted by molar-refractivity contribution is 7.89. The predicted molar refractivity (Wildman–Crippen MR) is 66.0 cm³/mol. The van der Waals surface area contributed by atoms with Crippen molar-refractivity contribution in [3.63, 3.8) is 0 Å². The zero-order valence-electron chi connectivity index (χ0n) is 9.07. The molecular weight excluding hydrogens is 276 g/mol. The molecule has 0 aliphatic carbocycles. The van der Waals surface area contributed by atoms with E-state index in [1.165, 1.54) is 23.7 Å². The number of hydrazine groups is 1. The molecule has 18 heavy (non-hydrogen) atoms. The van der Waals surface area contributed by atoms with Crippen LogP contribution < -0.4 is 16.0 Å². The van der Waals surface area contributed by atoms with Crippen molar-refractivity contribution in [1.29, 1.82) is 0 Å². The summed E-state index contributed by atoms with van der Waals surface area (Å²) in [5, 5.41) is 2.45. The average molecular weight is 286 g/mol. The molecule has 0 aliphatic rings. The number of hydrogen-bond acceptors (Lipinski definition) is 8. The Hall–Kier alpha value is -1.62. The number of nitrogen functional groups attached to an aromatic ring is 1. The van der Waals surface area contributed by atoms with Gasteiger partial charge in [-0.2, -0.15) is 0 Å². The van der Waals surface area contributed by atoms with Crippen LogP contribution in [0.4, 0.5) is 5.95 Å². The number of hydrogen-bond donors (Lipinski definition) is 3. The van der Waals surface area contributed by atoms with E-state index >= 15 is 0 Å². The number of nitrogens with two attached hydrogens (primary N) is 1. The van der Waals surface area contributed by atoms with Crippen LogP contribution in [0.1, 0.15) is 5.01 Å². The monoisotopic (exact) mass is 286 g/mol. The number of aromatic nitrogens is 3. The van der Waals surface area contributed by atoms with E-state index in [1.807, 2.05) is 0 Å². The van der Waals surface area contributed by atoms with Crippen LogP contribution in [0.15, 0.2) is 28.9 Å². The van der Waals surface area contributed by atoms with Crippen LogP contribution in [0.2, 0.25) is 0 Å². The number of nitrogens with zero attached hydrogens (tertiary/aromatic N) is 3. The molecule has 8 nitrogen and oxygen atoms in total. The van der Waals surface area contributed by atoms with Gasteiger partial charge in [0.1, 0.15) is 9.90 Å². The lowest BCUT2D eigenvalue weighted by Crippen LogP contribution is -2.23. The van der Waals surface area contributed by atoms with E-state index in [2.05, 4.69) is 25.1 Å². The summed E-state index contributed by atoms with van der Waals surface area (Å²) in [6.07, 6.45) is 3.96. The molecule has 0 aromatic carbocycles. The molecule has 4 N–H and O–H groups in total. The Morgan fingerprint density at radius 3 is 2.56 bits per heavy atom. The highest BCUT2D eigenvalue weighted by Gasteiger charge is 2.15. The minimum atomic E-state index is -3.64. The fourth-order valence-electron chi connectivity index (χ4n) is 1.11. The number of sulfonamides is 1. The summed E-state index contributed by atoms with van der Waals surface area (Å²) in [4.78, 5) is 11.4. The second-order valence-electron chi connectivity index (χ2n) is 3.14. The van der Waals surface area contributed by atoms with Gasteiger partial charge < -0.3 is 0 Å². The fraction of sp³-hybridized carbons (Fsp3) is 0.125. The minimum absolute atomic E-state index is 0.0296. The number of nitrogens with one attached hydrogen (secondary N) is 2. The van der Waals surface area contributed by atoms with Crippen molar-refractivity contribution in [1.82, 2.24) is 19.7 Å². The summed E-state index contributed by atoms with van der Waals surface area (Å²) in [6.45, 7) is 0.136. The first-order valence-corrected chi connectivity index (χ1v) is 7.15. The molecule has 2 heterocycles. The first kappa shape index (κ1) is 12.8. The standard InChI is InChI=1S/C8H10N6O2S2/c9-14-8-11-3-6(4-12-8)18(15,16)13-5-7-10-1-2-17-7/h1-4,13H,5,9H2,(H,11,12,14). The largest absolute Gasteiger partial charge is 0.292 e. The summed E-state index contributed by atoms with van der Waals surface area (Å²) in [5.74, 6) is 5.23. The molecule has 2 rings (SSSR count). The van der Waals surface area contributed by atoms with Crippen molar-refractivity contribution in [2.75, 3.05) is 5.43 Å². The van der Waals surface area contributed by atoms with Gasteiger partial charge in [-0.25, -0.2) is 33.9 Å². The van der Waals surface area contributed by atoms with Crippen LogP contribution >= 0.6 is 11.3 Å². The van der Waals surface area contributed by atoms with E-state index in [1.54, 1.807) is 11.6 Å². The second kappa shape index (κ2) is 5.35. The van der Waals surface area contributed by atoms with E-state index in [0.29, 0.717) is 5.01 Å². The molecule has 0 atom stereocenters. The highest BCUT2D eigenvalue weighted by atomic mass is 32.2. The molecule has 0 saturated heterocycles. The summed E-state index contributed by atoms with van der Waals surface area (Å²) in [5.41, 5.74) is 2.21. The number of anilines is 1. The minimum Gasteiger partial charge on any atom is -0.292 e. The van der Waals surface area contributed by atoms with E-state index in [-0.39, 0.29) is 17.4 Å². The van der Waals surface area contributed by atoms with Crippen LogP contribution in [-0.4, -0.2) is 23.4 Å². The van der Waals surface area contributed by atoms with Crippen molar-refractivity contribution < 1.29 is 8.42 Å². The molecule has 0 aliphatic heterocycles. The Bertz CT molecular complexity index is 595. The fourth-order valence-corrected chi connectivity index (χ4v) is 2.63. The van der Waals surface area contributed by atoms with Gasteiger partial charge in [-0.1, -0.05) is 0 Å². The molecule has 10 heteroatoms. The lowest BCUT2D eigenvalue weighted by atomic mass is 10.7. The lowest BCUT2D eigenvalue weighted by molar-refractivity contribution is 0.580. The maximum absolute atomic E-state index is 11.9. The van der Waals surface area contributed by atoms with Crippen molar-refractivity contribution in [2.24, 2.45) is 5.84 Å². The van der Waals surface area contributed by atoms with Gasteiger partial charge >= 0.3 is 0 Å². The third-order valence-electron chi connectivity index (χ3n) is 1.96. The van der Waals surface area contributed by atoms with Crippen molar-refractivity contribution in [3.05, 3.63) is 29.0 Å². The smallest absolute Gasteiger partial charge is 0.244 e. The third kappa shape index (κ3) is 2.98. The zero-order valence-corrected chi connectivity index (χ0v) is 10.7. The van der Waals surface area contributed by atoms with Gasteiger partial charge in [0.05, 0.1) is 18.9 Å². The molecule has 96 valence electrons. The molecule has 2 aromatic rings. The Kier molecular flexibility index (Phi) is 3.81. The number of rotatable bonds is 5. The maximum atomic E-state index is 11.9. The first-order valence-electron chi connectivity index (χ1n) is 4.78. The van der Waals surface area contributed by atoms with E-state index in [4.69, 9.17) is 5.84 Å². The van der Waals surface area contributed by atoms with E-state index in [0.717, 1.165) is 0 Å². The van der Waals surface area contributed by atoms with Gasteiger partial charge in [-0.3, -0.25) is 5.43 Å². The molecular formula is C8H10N6O2S2.